The average Bonchev–Trinajstić information content (AvgIpc) is 3.16. The summed E-state index contributed by atoms with van der Waals surface area (Å²) in [6, 6.07) is 16.0. The number of benzene rings is 2. The summed E-state index contributed by atoms with van der Waals surface area (Å²) in [6.07, 6.45) is 2.50. The fourth-order valence-corrected chi connectivity index (χ4v) is 3.65. The van der Waals surface area contributed by atoms with E-state index in [0.717, 1.165) is 9.91 Å². The first-order chi connectivity index (χ1) is 16.8. The van der Waals surface area contributed by atoms with Crippen molar-refractivity contribution >= 4 is 40.9 Å². The van der Waals surface area contributed by atoms with Gasteiger partial charge in [-0.25, -0.2) is 9.91 Å². The molecule has 10 heteroatoms. The first-order valence-corrected chi connectivity index (χ1v) is 10.7. The SMILES string of the molecule is CC(=O)Nc1ccc(N2C(=O)CC(N(NC(=O)c3ccccc3)C(=O)c3ccncc3)C2=O)cc1. The molecule has 0 radical (unpaired) electrons. The van der Waals surface area contributed by atoms with Crippen LogP contribution in [0.1, 0.15) is 34.1 Å². The lowest BCUT2D eigenvalue weighted by Gasteiger charge is -2.28. The summed E-state index contributed by atoms with van der Waals surface area (Å²) in [5, 5.41) is 3.51. The van der Waals surface area contributed by atoms with Crippen LogP contribution in [0.15, 0.2) is 79.1 Å². The van der Waals surface area contributed by atoms with Gasteiger partial charge in [-0.05, 0) is 48.5 Å². The molecule has 2 aromatic carbocycles. The van der Waals surface area contributed by atoms with Gasteiger partial charge >= 0.3 is 0 Å². The molecule has 176 valence electrons. The summed E-state index contributed by atoms with van der Waals surface area (Å²) < 4.78 is 0. The molecular weight excluding hydrogens is 450 g/mol. The van der Waals surface area contributed by atoms with E-state index in [2.05, 4.69) is 15.7 Å². The summed E-state index contributed by atoms with van der Waals surface area (Å²) in [5.74, 6) is -2.73. The minimum Gasteiger partial charge on any atom is -0.326 e. The molecular formula is C25H21N5O5. The number of pyridine rings is 1. The molecule has 1 atom stereocenters. The number of rotatable bonds is 5. The lowest BCUT2D eigenvalue weighted by Crippen LogP contribution is -2.54. The third-order valence-corrected chi connectivity index (χ3v) is 5.28. The van der Waals surface area contributed by atoms with E-state index in [9.17, 15) is 24.0 Å². The van der Waals surface area contributed by atoms with Crippen molar-refractivity contribution in [3.8, 4) is 0 Å². The molecule has 1 aliphatic heterocycles. The first kappa shape index (κ1) is 23.3. The second-order valence-corrected chi connectivity index (χ2v) is 7.73. The van der Waals surface area contributed by atoms with Crippen molar-refractivity contribution < 1.29 is 24.0 Å². The summed E-state index contributed by atoms with van der Waals surface area (Å²) in [6.45, 7) is 1.37. The monoisotopic (exact) mass is 471 g/mol. The molecule has 1 aromatic heterocycles. The predicted molar refractivity (Wildman–Crippen MR) is 126 cm³/mol. The first-order valence-electron chi connectivity index (χ1n) is 10.7. The molecule has 2 N–H and O–H groups in total. The van der Waals surface area contributed by atoms with E-state index < -0.39 is 29.7 Å². The maximum Gasteiger partial charge on any atom is 0.273 e. The Morgan fingerprint density at radius 2 is 1.57 bits per heavy atom. The van der Waals surface area contributed by atoms with E-state index >= 15 is 0 Å². The van der Waals surface area contributed by atoms with Crippen molar-refractivity contribution in [1.29, 1.82) is 0 Å². The highest BCUT2D eigenvalue weighted by Gasteiger charge is 2.45. The fraction of sp³-hybridized carbons (Fsp3) is 0.120. The van der Waals surface area contributed by atoms with Crippen molar-refractivity contribution in [2.45, 2.75) is 19.4 Å². The number of amides is 5. The van der Waals surface area contributed by atoms with Gasteiger partial charge in [0.05, 0.1) is 12.1 Å². The molecule has 0 bridgehead atoms. The number of hydrazine groups is 1. The summed E-state index contributed by atoms with van der Waals surface area (Å²) in [4.78, 5) is 68.4. The van der Waals surface area contributed by atoms with Gasteiger partial charge in [-0.1, -0.05) is 18.2 Å². The standard InChI is InChI=1S/C25H21N5O5/c1-16(31)27-19-7-9-20(10-8-19)29-22(32)15-21(25(29)35)30(24(34)18-11-13-26-14-12-18)28-23(33)17-5-3-2-4-6-17/h2-14,21H,15H2,1H3,(H,27,31)(H,28,33). The van der Waals surface area contributed by atoms with E-state index in [0.29, 0.717) is 5.69 Å². The van der Waals surface area contributed by atoms with E-state index in [1.165, 1.54) is 43.6 Å². The average molecular weight is 471 g/mol. The number of hydrogen-bond acceptors (Lipinski definition) is 6. The maximum atomic E-state index is 13.4. The number of imide groups is 1. The van der Waals surface area contributed by atoms with Crippen molar-refractivity contribution in [1.82, 2.24) is 15.4 Å². The molecule has 1 fully saturated rings. The van der Waals surface area contributed by atoms with E-state index in [1.54, 1.807) is 42.5 Å². The third kappa shape index (κ3) is 5.06. The predicted octanol–water partition coefficient (Wildman–Crippen LogP) is 2.16. The van der Waals surface area contributed by atoms with Gasteiger partial charge in [-0.15, -0.1) is 0 Å². The third-order valence-electron chi connectivity index (χ3n) is 5.28. The normalized spacial score (nSPS) is 15.0. The molecule has 1 aliphatic rings. The Morgan fingerprint density at radius 1 is 0.914 bits per heavy atom. The maximum absolute atomic E-state index is 13.4. The summed E-state index contributed by atoms with van der Waals surface area (Å²) in [7, 11) is 0. The molecule has 1 saturated heterocycles. The van der Waals surface area contributed by atoms with E-state index in [1.807, 2.05) is 0 Å². The smallest absolute Gasteiger partial charge is 0.273 e. The highest BCUT2D eigenvalue weighted by Crippen LogP contribution is 2.27. The topological polar surface area (TPSA) is 129 Å². The molecule has 0 spiro atoms. The summed E-state index contributed by atoms with van der Waals surface area (Å²) in [5.41, 5.74) is 3.75. The fourth-order valence-electron chi connectivity index (χ4n) is 3.65. The number of hydrogen-bond donors (Lipinski definition) is 2. The minimum atomic E-state index is -1.26. The Morgan fingerprint density at radius 3 is 2.20 bits per heavy atom. The highest BCUT2D eigenvalue weighted by molar-refractivity contribution is 6.23. The minimum absolute atomic E-state index is 0.187. The second kappa shape index (κ2) is 9.96. The number of aromatic nitrogens is 1. The van der Waals surface area contributed by atoms with Gasteiger partial charge in [0.2, 0.25) is 11.8 Å². The lowest BCUT2D eigenvalue weighted by molar-refractivity contribution is -0.123. The molecule has 5 amide bonds. The zero-order valence-electron chi connectivity index (χ0n) is 18.7. The van der Waals surface area contributed by atoms with Crippen LogP contribution in [0.5, 0.6) is 0 Å². The number of anilines is 2. The van der Waals surface area contributed by atoms with Crippen LogP contribution in [-0.2, 0) is 14.4 Å². The van der Waals surface area contributed by atoms with Gasteiger partial charge in [0.1, 0.15) is 6.04 Å². The Labute approximate surface area is 200 Å². The summed E-state index contributed by atoms with van der Waals surface area (Å²) >= 11 is 0. The van der Waals surface area contributed by atoms with Gasteiger partial charge < -0.3 is 5.32 Å². The Balaban J connectivity index is 1.63. The number of nitrogens with one attached hydrogen (secondary N) is 2. The van der Waals surface area contributed by atoms with Crippen LogP contribution in [0.4, 0.5) is 11.4 Å². The molecule has 3 aromatic rings. The van der Waals surface area contributed by atoms with Gasteiger partial charge in [-0.3, -0.25) is 34.4 Å². The van der Waals surface area contributed by atoms with Crippen LogP contribution in [0.2, 0.25) is 0 Å². The molecule has 2 heterocycles. The van der Waals surface area contributed by atoms with Crippen LogP contribution >= 0.6 is 0 Å². The molecule has 35 heavy (non-hydrogen) atoms. The van der Waals surface area contributed by atoms with Crippen LogP contribution in [0.25, 0.3) is 0 Å². The van der Waals surface area contributed by atoms with Gasteiger partial charge in [0.25, 0.3) is 17.7 Å². The molecule has 10 nitrogen and oxygen atoms in total. The highest BCUT2D eigenvalue weighted by atomic mass is 16.2. The van der Waals surface area contributed by atoms with Gasteiger partial charge in [-0.2, -0.15) is 0 Å². The van der Waals surface area contributed by atoms with Crippen LogP contribution in [-0.4, -0.2) is 45.6 Å². The molecule has 0 saturated carbocycles. The Kier molecular flexibility index (Phi) is 6.63. The number of carbonyl (C=O) groups is 5. The van der Waals surface area contributed by atoms with Crippen LogP contribution in [0.3, 0.4) is 0 Å². The van der Waals surface area contributed by atoms with Gasteiger partial charge in [0, 0.05) is 36.1 Å². The van der Waals surface area contributed by atoms with Crippen molar-refractivity contribution in [2.24, 2.45) is 0 Å². The number of carbonyl (C=O) groups excluding carboxylic acids is 5. The zero-order chi connectivity index (χ0) is 24.9. The largest absolute Gasteiger partial charge is 0.326 e. The van der Waals surface area contributed by atoms with Crippen molar-refractivity contribution in [3.63, 3.8) is 0 Å². The number of nitrogens with zero attached hydrogens (tertiary/aromatic N) is 3. The second-order valence-electron chi connectivity index (χ2n) is 7.73. The van der Waals surface area contributed by atoms with Gasteiger partial charge in [0.15, 0.2) is 0 Å². The van der Waals surface area contributed by atoms with Crippen LogP contribution in [0, 0.1) is 0 Å². The molecule has 1 unspecified atom stereocenters. The molecule has 0 aliphatic carbocycles. The quantitative estimate of drug-likeness (QED) is 0.433. The van der Waals surface area contributed by atoms with E-state index in [-0.39, 0.29) is 29.1 Å². The zero-order valence-corrected chi connectivity index (χ0v) is 18.7. The van der Waals surface area contributed by atoms with E-state index in [4.69, 9.17) is 0 Å². The van der Waals surface area contributed by atoms with Crippen molar-refractivity contribution in [2.75, 3.05) is 10.2 Å². The van der Waals surface area contributed by atoms with Crippen LogP contribution < -0.4 is 15.6 Å². The lowest BCUT2D eigenvalue weighted by atomic mass is 10.1. The Hall–Kier alpha value is -4.86. The van der Waals surface area contributed by atoms with Crippen molar-refractivity contribution in [3.05, 3.63) is 90.3 Å². The molecule has 4 rings (SSSR count). The Bertz CT molecular complexity index is 1280.